The highest BCUT2D eigenvalue weighted by atomic mass is 79.9. The average Bonchev–Trinajstić information content (AvgIpc) is 2.72. The summed E-state index contributed by atoms with van der Waals surface area (Å²) in [4.78, 5) is 12.5. The summed E-state index contributed by atoms with van der Waals surface area (Å²) < 4.78 is 7.32. The number of carbonyl (C=O) groups excluding carboxylic acids is 1. The Morgan fingerprint density at radius 3 is 2.55 bits per heavy atom. The molecule has 0 bridgehead atoms. The Bertz CT molecular complexity index is 1160. The molecule has 0 atom stereocenters. The molecule has 0 aromatic heterocycles. The van der Waals surface area contributed by atoms with Gasteiger partial charge in [0.2, 0.25) is 0 Å². The quantitative estimate of drug-likeness (QED) is 0.254. The summed E-state index contributed by atoms with van der Waals surface area (Å²) in [6.45, 7) is 2.39. The van der Waals surface area contributed by atoms with Gasteiger partial charge in [0.05, 0.1) is 9.50 Å². The van der Waals surface area contributed by atoms with Gasteiger partial charge in [-0.1, -0.05) is 63.4 Å². The van der Waals surface area contributed by atoms with Crippen LogP contribution in [0.1, 0.15) is 16.7 Å². The SMILES string of the molecule is Cc1ccc(COc2c(Cl)cc(/C=C(/C#N)C(=O)Nc3cccc(Br)c3)cc2Br)cc1. The lowest BCUT2D eigenvalue weighted by molar-refractivity contribution is -0.112. The molecule has 0 radical (unpaired) electrons. The molecule has 0 fully saturated rings. The number of ether oxygens (including phenoxy) is 1. The van der Waals surface area contributed by atoms with Crippen LogP contribution in [0.5, 0.6) is 5.75 Å². The first-order valence-electron chi connectivity index (χ1n) is 9.22. The summed E-state index contributed by atoms with van der Waals surface area (Å²) in [7, 11) is 0. The van der Waals surface area contributed by atoms with E-state index in [1.54, 1.807) is 30.3 Å². The second kappa shape index (κ2) is 10.6. The van der Waals surface area contributed by atoms with Crippen LogP contribution in [0.4, 0.5) is 5.69 Å². The van der Waals surface area contributed by atoms with Crippen molar-refractivity contribution < 1.29 is 9.53 Å². The Morgan fingerprint density at radius 1 is 1.16 bits per heavy atom. The van der Waals surface area contributed by atoms with Crippen molar-refractivity contribution in [1.29, 1.82) is 5.26 Å². The van der Waals surface area contributed by atoms with Crippen LogP contribution in [-0.4, -0.2) is 5.91 Å². The molecule has 0 unspecified atom stereocenters. The van der Waals surface area contributed by atoms with Crippen molar-refractivity contribution in [1.82, 2.24) is 0 Å². The smallest absolute Gasteiger partial charge is 0.266 e. The molecule has 7 heteroatoms. The fraction of sp³-hybridized carbons (Fsp3) is 0.0833. The Balaban J connectivity index is 1.76. The van der Waals surface area contributed by atoms with Gasteiger partial charge < -0.3 is 10.1 Å². The van der Waals surface area contributed by atoms with Crippen molar-refractivity contribution in [2.75, 3.05) is 5.32 Å². The van der Waals surface area contributed by atoms with E-state index in [1.807, 2.05) is 43.3 Å². The number of hydrogen-bond donors (Lipinski definition) is 1. The zero-order valence-electron chi connectivity index (χ0n) is 16.5. The summed E-state index contributed by atoms with van der Waals surface area (Å²) in [5.74, 6) is -0.0102. The van der Waals surface area contributed by atoms with Gasteiger partial charge in [-0.2, -0.15) is 5.26 Å². The summed E-state index contributed by atoms with van der Waals surface area (Å²) in [6, 6.07) is 20.5. The van der Waals surface area contributed by atoms with Crippen LogP contribution in [0.15, 0.2) is 75.2 Å². The van der Waals surface area contributed by atoms with E-state index in [0.29, 0.717) is 33.1 Å². The summed E-state index contributed by atoms with van der Waals surface area (Å²) in [5, 5.41) is 12.5. The minimum Gasteiger partial charge on any atom is -0.486 e. The maximum Gasteiger partial charge on any atom is 0.266 e. The minimum absolute atomic E-state index is 0.0451. The number of anilines is 1. The van der Waals surface area contributed by atoms with Gasteiger partial charge >= 0.3 is 0 Å². The lowest BCUT2D eigenvalue weighted by atomic mass is 10.1. The lowest BCUT2D eigenvalue weighted by Gasteiger charge is -2.12. The lowest BCUT2D eigenvalue weighted by Crippen LogP contribution is -2.13. The highest BCUT2D eigenvalue weighted by molar-refractivity contribution is 9.10. The fourth-order valence-electron chi connectivity index (χ4n) is 2.72. The van der Waals surface area contributed by atoms with E-state index in [0.717, 1.165) is 10.0 Å². The predicted octanol–water partition coefficient (Wildman–Crippen LogP) is 7.30. The Hall–Kier alpha value is -2.59. The van der Waals surface area contributed by atoms with Crippen LogP contribution in [0.3, 0.4) is 0 Å². The number of rotatable bonds is 6. The van der Waals surface area contributed by atoms with E-state index in [-0.39, 0.29) is 5.57 Å². The first kappa shape index (κ1) is 23.1. The van der Waals surface area contributed by atoms with Gasteiger partial charge in [0.15, 0.2) is 5.75 Å². The van der Waals surface area contributed by atoms with Gasteiger partial charge in [-0.05, 0) is 70.4 Å². The van der Waals surface area contributed by atoms with Gasteiger partial charge in [0.1, 0.15) is 18.2 Å². The van der Waals surface area contributed by atoms with Gasteiger partial charge in [-0.3, -0.25) is 4.79 Å². The van der Waals surface area contributed by atoms with Crippen LogP contribution >= 0.6 is 43.5 Å². The standard InChI is InChI=1S/C24H17Br2ClN2O2/c1-15-5-7-16(8-6-15)14-31-23-21(26)10-17(11-22(23)27)9-18(13-28)24(30)29-20-4-2-3-19(25)12-20/h2-12H,14H2,1H3,(H,29,30)/b18-9-. The van der Waals surface area contributed by atoms with Gasteiger partial charge in [-0.25, -0.2) is 0 Å². The zero-order chi connectivity index (χ0) is 22.4. The number of carbonyl (C=O) groups is 1. The summed E-state index contributed by atoms with van der Waals surface area (Å²) >= 11 is 13.2. The third-order valence-electron chi connectivity index (χ3n) is 4.28. The third kappa shape index (κ3) is 6.44. The molecule has 3 rings (SSSR count). The van der Waals surface area contributed by atoms with E-state index in [4.69, 9.17) is 16.3 Å². The van der Waals surface area contributed by atoms with E-state index in [2.05, 4.69) is 37.2 Å². The van der Waals surface area contributed by atoms with Crippen LogP contribution in [0.2, 0.25) is 5.02 Å². The normalized spacial score (nSPS) is 11.0. The van der Waals surface area contributed by atoms with Crippen LogP contribution in [-0.2, 0) is 11.4 Å². The molecule has 1 amide bonds. The maximum absolute atomic E-state index is 12.5. The van der Waals surface area contributed by atoms with Crippen LogP contribution < -0.4 is 10.1 Å². The summed E-state index contributed by atoms with van der Waals surface area (Å²) in [6.07, 6.45) is 1.48. The monoisotopic (exact) mass is 558 g/mol. The molecule has 4 nitrogen and oxygen atoms in total. The number of amides is 1. The Kier molecular flexibility index (Phi) is 7.91. The van der Waals surface area contributed by atoms with Gasteiger partial charge in [0.25, 0.3) is 5.91 Å². The van der Waals surface area contributed by atoms with Crippen LogP contribution in [0, 0.1) is 18.3 Å². The first-order valence-corrected chi connectivity index (χ1v) is 11.2. The fourth-order valence-corrected chi connectivity index (χ4v) is 4.11. The number of nitrogens with one attached hydrogen (secondary N) is 1. The average molecular weight is 561 g/mol. The van der Waals surface area contributed by atoms with Crippen molar-refractivity contribution in [2.24, 2.45) is 0 Å². The molecule has 31 heavy (non-hydrogen) atoms. The molecular weight excluding hydrogens is 544 g/mol. The molecule has 0 aliphatic heterocycles. The second-order valence-electron chi connectivity index (χ2n) is 6.72. The second-order valence-corrected chi connectivity index (χ2v) is 8.90. The molecule has 156 valence electrons. The highest BCUT2D eigenvalue weighted by Gasteiger charge is 2.13. The molecule has 0 aliphatic rings. The first-order chi connectivity index (χ1) is 14.9. The Morgan fingerprint density at radius 2 is 1.90 bits per heavy atom. The van der Waals surface area contributed by atoms with E-state index < -0.39 is 5.91 Å². The van der Waals surface area contributed by atoms with Crippen LogP contribution in [0.25, 0.3) is 6.08 Å². The topological polar surface area (TPSA) is 62.1 Å². The molecule has 3 aromatic carbocycles. The van der Waals surface area contributed by atoms with Crippen molar-refractivity contribution >= 4 is 61.1 Å². The number of halogens is 3. The molecule has 0 heterocycles. The molecule has 1 N–H and O–H groups in total. The molecule has 0 spiro atoms. The third-order valence-corrected chi connectivity index (χ3v) is 5.65. The molecule has 3 aromatic rings. The van der Waals surface area contributed by atoms with Gasteiger partial charge in [-0.15, -0.1) is 0 Å². The predicted molar refractivity (Wildman–Crippen MR) is 131 cm³/mol. The highest BCUT2D eigenvalue weighted by Crippen LogP contribution is 2.35. The number of nitriles is 1. The minimum atomic E-state index is -0.507. The molecule has 0 aliphatic carbocycles. The van der Waals surface area contributed by atoms with E-state index in [9.17, 15) is 10.1 Å². The number of aryl methyl sites for hydroxylation is 1. The molecular formula is C24H17Br2ClN2O2. The molecule has 0 saturated heterocycles. The van der Waals surface area contributed by atoms with Crippen molar-refractivity contribution in [3.8, 4) is 11.8 Å². The summed E-state index contributed by atoms with van der Waals surface area (Å²) in [5.41, 5.74) is 3.33. The molecule has 0 saturated carbocycles. The number of nitrogens with zero attached hydrogens (tertiary/aromatic N) is 1. The van der Waals surface area contributed by atoms with E-state index in [1.165, 1.54) is 11.6 Å². The largest absolute Gasteiger partial charge is 0.486 e. The van der Waals surface area contributed by atoms with E-state index >= 15 is 0 Å². The van der Waals surface area contributed by atoms with Crippen molar-refractivity contribution in [3.05, 3.63) is 96.9 Å². The maximum atomic E-state index is 12.5. The number of hydrogen-bond acceptors (Lipinski definition) is 3. The Labute approximate surface area is 202 Å². The number of benzene rings is 3. The van der Waals surface area contributed by atoms with Crippen molar-refractivity contribution in [2.45, 2.75) is 13.5 Å². The van der Waals surface area contributed by atoms with Crippen molar-refractivity contribution in [3.63, 3.8) is 0 Å². The van der Waals surface area contributed by atoms with Gasteiger partial charge in [0, 0.05) is 10.2 Å². The zero-order valence-corrected chi connectivity index (χ0v) is 20.4.